The SMILES string of the molecule is Cl.O=C(Cc1ccc(Cl)cc1Cl)NCC1=CCNCC1. The van der Waals surface area contributed by atoms with Crippen LogP contribution < -0.4 is 10.6 Å². The smallest absolute Gasteiger partial charge is 0.224 e. The first kappa shape index (κ1) is 17.3. The van der Waals surface area contributed by atoms with E-state index in [2.05, 4.69) is 16.7 Å². The van der Waals surface area contributed by atoms with Crippen LogP contribution in [0.4, 0.5) is 0 Å². The zero-order valence-corrected chi connectivity index (χ0v) is 13.2. The van der Waals surface area contributed by atoms with Crippen LogP contribution in [-0.2, 0) is 11.2 Å². The van der Waals surface area contributed by atoms with Crippen molar-refractivity contribution in [1.29, 1.82) is 0 Å². The molecule has 1 aliphatic rings. The van der Waals surface area contributed by atoms with E-state index in [0.29, 0.717) is 16.6 Å². The number of carbonyl (C=O) groups is 1. The highest BCUT2D eigenvalue weighted by Crippen LogP contribution is 2.21. The van der Waals surface area contributed by atoms with Crippen molar-refractivity contribution in [2.75, 3.05) is 19.6 Å². The Hall–Kier alpha value is -0.740. The first-order chi connectivity index (χ1) is 9.15. The molecule has 6 heteroatoms. The van der Waals surface area contributed by atoms with E-state index in [4.69, 9.17) is 23.2 Å². The molecular weight excluding hydrogens is 319 g/mol. The molecule has 1 aromatic carbocycles. The third-order valence-electron chi connectivity index (χ3n) is 3.04. The molecule has 3 nitrogen and oxygen atoms in total. The van der Waals surface area contributed by atoms with Gasteiger partial charge in [0.1, 0.15) is 0 Å². The molecule has 0 spiro atoms. The Morgan fingerprint density at radius 1 is 1.35 bits per heavy atom. The lowest BCUT2D eigenvalue weighted by Crippen LogP contribution is -2.30. The summed E-state index contributed by atoms with van der Waals surface area (Å²) in [5.74, 6) is -0.0244. The minimum atomic E-state index is -0.0244. The summed E-state index contributed by atoms with van der Waals surface area (Å²) in [5, 5.41) is 7.26. The molecule has 0 aliphatic carbocycles. The van der Waals surface area contributed by atoms with Crippen LogP contribution in [-0.4, -0.2) is 25.5 Å². The summed E-state index contributed by atoms with van der Waals surface area (Å²) in [7, 11) is 0. The first-order valence-corrected chi connectivity index (χ1v) is 7.00. The Kier molecular flexibility index (Phi) is 7.38. The normalized spacial score (nSPS) is 14.2. The molecule has 0 bridgehead atoms. The van der Waals surface area contributed by atoms with Crippen molar-refractivity contribution in [3.8, 4) is 0 Å². The van der Waals surface area contributed by atoms with Crippen LogP contribution in [0.1, 0.15) is 12.0 Å². The van der Waals surface area contributed by atoms with E-state index >= 15 is 0 Å². The highest BCUT2D eigenvalue weighted by molar-refractivity contribution is 6.35. The fourth-order valence-electron chi connectivity index (χ4n) is 1.94. The van der Waals surface area contributed by atoms with Crippen molar-refractivity contribution in [3.63, 3.8) is 0 Å². The minimum absolute atomic E-state index is 0. The summed E-state index contributed by atoms with van der Waals surface area (Å²) in [6.07, 6.45) is 3.39. The summed E-state index contributed by atoms with van der Waals surface area (Å²) in [5.41, 5.74) is 2.07. The third-order valence-corrected chi connectivity index (χ3v) is 3.62. The molecule has 110 valence electrons. The zero-order chi connectivity index (χ0) is 13.7. The Morgan fingerprint density at radius 2 is 2.15 bits per heavy atom. The highest BCUT2D eigenvalue weighted by atomic mass is 35.5. The van der Waals surface area contributed by atoms with Gasteiger partial charge >= 0.3 is 0 Å². The van der Waals surface area contributed by atoms with Crippen LogP contribution in [0.2, 0.25) is 10.0 Å². The van der Waals surface area contributed by atoms with Gasteiger partial charge in [0.15, 0.2) is 0 Å². The summed E-state index contributed by atoms with van der Waals surface area (Å²) in [6.45, 7) is 2.48. The van der Waals surface area contributed by atoms with E-state index < -0.39 is 0 Å². The molecule has 1 heterocycles. The number of amides is 1. The largest absolute Gasteiger partial charge is 0.352 e. The molecular formula is C14H17Cl3N2O. The van der Waals surface area contributed by atoms with Crippen molar-refractivity contribution in [2.45, 2.75) is 12.8 Å². The molecule has 0 saturated heterocycles. The van der Waals surface area contributed by atoms with Crippen molar-refractivity contribution < 1.29 is 4.79 Å². The molecule has 0 fully saturated rings. The number of nitrogens with one attached hydrogen (secondary N) is 2. The average molecular weight is 336 g/mol. The Balaban J connectivity index is 0.00000200. The maximum Gasteiger partial charge on any atom is 0.224 e. The van der Waals surface area contributed by atoms with Crippen LogP contribution >= 0.6 is 35.6 Å². The maximum absolute atomic E-state index is 11.8. The van der Waals surface area contributed by atoms with Gasteiger partial charge in [-0.15, -0.1) is 12.4 Å². The molecule has 2 rings (SSSR count). The second-order valence-electron chi connectivity index (χ2n) is 4.51. The average Bonchev–Trinajstić information content (AvgIpc) is 2.41. The number of rotatable bonds is 4. The fourth-order valence-corrected chi connectivity index (χ4v) is 2.42. The highest BCUT2D eigenvalue weighted by Gasteiger charge is 2.09. The Labute approximate surface area is 135 Å². The molecule has 0 radical (unpaired) electrons. The van der Waals surface area contributed by atoms with Gasteiger partial charge in [0.05, 0.1) is 6.42 Å². The van der Waals surface area contributed by atoms with Gasteiger partial charge in [-0.05, 0) is 30.7 Å². The zero-order valence-electron chi connectivity index (χ0n) is 10.9. The van der Waals surface area contributed by atoms with Crippen molar-refractivity contribution in [1.82, 2.24) is 10.6 Å². The molecule has 20 heavy (non-hydrogen) atoms. The Morgan fingerprint density at radius 3 is 2.80 bits per heavy atom. The van der Waals surface area contributed by atoms with Crippen molar-refractivity contribution >= 4 is 41.5 Å². The predicted octanol–water partition coefficient (Wildman–Crippen LogP) is 2.99. The van der Waals surface area contributed by atoms with Gasteiger partial charge < -0.3 is 10.6 Å². The lowest BCUT2D eigenvalue weighted by Gasteiger charge is -2.14. The number of carbonyl (C=O) groups excluding carboxylic acids is 1. The van der Waals surface area contributed by atoms with Gasteiger partial charge in [-0.2, -0.15) is 0 Å². The van der Waals surface area contributed by atoms with E-state index in [1.165, 1.54) is 5.57 Å². The van der Waals surface area contributed by atoms with E-state index in [1.807, 2.05) is 0 Å². The van der Waals surface area contributed by atoms with Crippen LogP contribution in [0, 0.1) is 0 Å². The van der Waals surface area contributed by atoms with Crippen LogP contribution in [0.15, 0.2) is 29.8 Å². The van der Waals surface area contributed by atoms with E-state index in [1.54, 1.807) is 18.2 Å². The first-order valence-electron chi connectivity index (χ1n) is 6.24. The van der Waals surface area contributed by atoms with Gasteiger partial charge in [-0.25, -0.2) is 0 Å². The van der Waals surface area contributed by atoms with Crippen LogP contribution in [0.3, 0.4) is 0 Å². The second-order valence-corrected chi connectivity index (χ2v) is 5.35. The van der Waals surface area contributed by atoms with Gasteiger partial charge in [0.25, 0.3) is 0 Å². The second kappa shape index (κ2) is 8.53. The van der Waals surface area contributed by atoms with Gasteiger partial charge in [0, 0.05) is 23.1 Å². The van der Waals surface area contributed by atoms with Crippen molar-refractivity contribution in [2.24, 2.45) is 0 Å². The Bertz CT molecular complexity index is 503. The van der Waals surface area contributed by atoms with E-state index in [0.717, 1.165) is 25.1 Å². The summed E-state index contributed by atoms with van der Waals surface area (Å²) < 4.78 is 0. The van der Waals surface area contributed by atoms with Gasteiger partial charge in [-0.1, -0.05) is 40.9 Å². The van der Waals surface area contributed by atoms with E-state index in [-0.39, 0.29) is 24.7 Å². The standard InChI is InChI=1S/C14H16Cl2N2O.ClH/c15-12-2-1-11(13(16)8-12)7-14(19)18-9-10-3-5-17-6-4-10;/h1-3,8,17H,4-7,9H2,(H,18,19);1H. The van der Waals surface area contributed by atoms with E-state index in [9.17, 15) is 4.79 Å². The summed E-state index contributed by atoms with van der Waals surface area (Å²) >= 11 is 11.9. The third kappa shape index (κ3) is 5.33. The minimum Gasteiger partial charge on any atom is -0.352 e. The molecule has 1 aliphatic heterocycles. The number of benzene rings is 1. The lowest BCUT2D eigenvalue weighted by atomic mass is 10.1. The topological polar surface area (TPSA) is 41.1 Å². The van der Waals surface area contributed by atoms with Crippen LogP contribution in [0.25, 0.3) is 0 Å². The van der Waals surface area contributed by atoms with Gasteiger partial charge in [-0.3, -0.25) is 4.79 Å². The molecule has 0 saturated carbocycles. The number of hydrogen-bond donors (Lipinski definition) is 2. The lowest BCUT2D eigenvalue weighted by molar-refractivity contribution is -0.120. The molecule has 0 aromatic heterocycles. The molecule has 0 atom stereocenters. The van der Waals surface area contributed by atoms with Crippen LogP contribution in [0.5, 0.6) is 0 Å². The fraction of sp³-hybridized carbons (Fsp3) is 0.357. The molecule has 1 aromatic rings. The quantitative estimate of drug-likeness (QED) is 0.831. The van der Waals surface area contributed by atoms with Crippen molar-refractivity contribution in [3.05, 3.63) is 45.5 Å². The van der Waals surface area contributed by atoms with Gasteiger partial charge in [0.2, 0.25) is 5.91 Å². The predicted molar refractivity (Wildman–Crippen MR) is 86.0 cm³/mol. The monoisotopic (exact) mass is 334 g/mol. The number of hydrogen-bond acceptors (Lipinski definition) is 2. The molecule has 1 amide bonds. The summed E-state index contributed by atoms with van der Waals surface area (Å²) in [4.78, 5) is 11.8. The number of halogens is 3. The maximum atomic E-state index is 11.8. The molecule has 2 N–H and O–H groups in total. The summed E-state index contributed by atoms with van der Waals surface area (Å²) in [6, 6.07) is 5.18. The molecule has 0 unspecified atom stereocenters.